The molecule has 0 atom stereocenters. The largest absolute Gasteiger partial charge is 0.496 e. The summed E-state index contributed by atoms with van der Waals surface area (Å²) in [6.07, 6.45) is 1.23. The maximum absolute atomic E-state index is 12.8. The summed E-state index contributed by atoms with van der Waals surface area (Å²) in [6.45, 7) is 1.03. The van der Waals surface area contributed by atoms with E-state index in [1.54, 1.807) is 23.1 Å². The Hall–Kier alpha value is -2.05. The summed E-state index contributed by atoms with van der Waals surface area (Å²) in [5.41, 5.74) is 1.20. The van der Waals surface area contributed by atoms with Gasteiger partial charge in [-0.25, -0.2) is 0 Å². The molecule has 1 fully saturated rings. The molecule has 3 rings (SSSR count). The van der Waals surface area contributed by atoms with Crippen molar-refractivity contribution < 1.29 is 14.3 Å². The van der Waals surface area contributed by atoms with Crippen LogP contribution in [-0.4, -0.2) is 36.9 Å². The molecular weight excluding hydrogens is 432 g/mol. The molecule has 0 unspecified atom stereocenters. The fourth-order valence-corrected chi connectivity index (χ4v) is 3.72. The van der Waals surface area contributed by atoms with E-state index in [0.717, 1.165) is 10.2 Å². The first kappa shape index (κ1) is 19.7. The molecule has 1 aliphatic rings. The van der Waals surface area contributed by atoms with Gasteiger partial charge in [-0.05, 0) is 59.1 Å². The molecule has 0 spiro atoms. The van der Waals surface area contributed by atoms with Crippen molar-refractivity contribution in [1.82, 2.24) is 4.90 Å². The van der Waals surface area contributed by atoms with Crippen LogP contribution in [0.1, 0.15) is 23.2 Å². The smallest absolute Gasteiger partial charge is 0.257 e. The van der Waals surface area contributed by atoms with Gasteiger partial charge in [-0.3, -0.25) is 9.59 Å². The number of methoxy groups -OCH3 is 1. The molecule has 2 aromatic rings. The van der Waals surface area contributed by atoms with Crippen LogP contribution in [0.15, 0.2) is 46.9 Å². The molecule has 2 aromatic carbocycles. The number of ether oxygens (including phenoxy) is 1. The van der Waals surface area contributed by atoms with Gasteiger partial charge in [-0.2, -0.15) is 0 Å². The van der Waals surface area contributed by atoms with E-state index in [0.29, 0.717) is 42.3 Å². The van der Waals surface area contributed by atoms with Crippen molar-refractivity contribution in [2.75, 3.05) is 25.5 Å². The minimum Gasteiger partial charge on any atom is -0.496 e. The number of carbonyl (C=O) groups excluding carboxylic acids is 2. The number of hydrogen-bond donors (Lipinski definition) is 1. The molecule has 5 nitrogen and oxygen atoms in total. The number of para-hydroxylation sites is 1. The topological polar surface area (TPSA) is 58.6 Å². The van der Waals surface area contributed by atoms with E-state index < -0.39 is 0 Å². The van der Waals surface area contributed by atoms with Gasteiger partial charge in [0.15, 0.2) is 0 Å². The van der Waals surface area contributed by atoms with E-state index in [-0.39, 0.29) is 17.7 Å². The van der Waals surface area contributed by atoms with Crippen LogP contribution in [0.25, 0.3) is 0 Å². The van der Waals surface area contributed by atoms with Crippen molar-refractivity contribution in [1.29, 1.82) is 0 Å². The van der Waals surface area contributed by atoms with Crippen LogP contribution in [0.3, 0.4) is 0 Å². The molecule has 1 N–H and O–H groups in total. The van der Waals surface area contributed by atoms with E-state index in [9.17, 15) is 9.59 Å². The van der Waals surface area contributed by atoms with Crippen molar-refractivity contribution in [3.05, 3.63) is 57.5 Å². The zero-order chi connectivity index (χ0) is 19.4. The minimum absolute atomic E-state index is 0.0191. The van der Waals surface area contributed by atoms with E-state index in [1.165, 1.54) is 7.11 Å². The normalized spacial score (nSPS) is 14.7. The number of hydrogen-bond acceptors (Lipinski definition) is 3. The van der Waals surface area contributed by atoms with Crippen molar-refractivity contribution in [3.8, 4) is 5.75 Å². The van der Waals surface area contributed by atoms with Crippen molar-refractivity contribution in [2.45, 2.75) is 12.8 Å². The van der Waals surface area contributed by atoms with E-state index in [2.05, 4.69) is 21.2 Å². The third kappa shape index (κ3) is 4.62. The Kier molecular flexibility index (Phi) is 6.39. The molecule has 7 heteroatoms. The van der Waals surface area contributed by atoms with Crippen LogP contribution in [0.4, 0.5) is 5.69 Å². The SMILES string of the molecule is COc1ccc(Cl)cc1C(=O)N1CCC(C(=O)Nc2ccccc2Br)CC1. The summed E-state index contributed by atoms with van der Waals surface area (Å²) in [5.74, 6) is 0.231. The Labute approximate surface area is 171 Å². The number of amides is 2. The lowest BCUT2D eigenvalue weighted by Crippen LogP contribution is -2.41. The average Bonchev–Trinajstić information content (AvgIpc) is 2.69. The van der Waals surface area contributed by atoms with Gasteiger partial charge in [0.2, 0.25) is 5.91 Å². The van der Waals surface area contributed by atoms with E-state index in [4.69, 9.17) is 16.3 Å². The summed E-state index contributed by atoms with van der Waals surface area (Å²) >= 11 is 9.46. The predicted molar refractivity (Wildman–Crippen MR) is 109 cm³/mol. The van der Waals surface area contributed by atoms with Crippen LogP contribution < -0.4 is 10.1 Å². The number of carbonyl (C=O) groups is 2. The molecule has 0 bridgehead atoms. The Morgan fingerprint density at radius 2 is 1.89 bits per heavy atom. The van der Waals surface area contributed by atoms with Crippen molar-refractivity contribution in [3.63, 3.8) is 0 Å². The number of halogens is 2. The Bertz CT molecular complexity index is 851. The second-order valence-corrected chi connectivity index (χ2v) is 7.67. The molecule has 0 radical (unpaired) electrons. The highest BCUT2D eigenvalue weighted by molar-refractivity contribution is 9.10. The first-order valence-electron chi connectivity index (χ1n) is 8.68. The van der Waals surface area contributed by atoms with Gasteiger partial charge in [0.1, 0.15) is 5.75 Å². The summed E-state index contributed by atoms with van der Waals surface area (Å²) in [5, 5.41) is 3.44. The molecule has 142 valence electrons. The maximum atomic E-state index is 12.8. The van der Waals surface area contributed by atoms with Crippen LogP contribution >= 0.6 is 27.5 Å². The van der Waals surface area contributed by atoms with Crippen LogP contribution in [0.5, 0.6) is 5.75 Å². The molecule has 1 heterocycles. The highest BCUT2D eigenvalue weighted by Gasteiger charge is 2.29. The highest BCUT2D eigenvalue weighted by Crippen LogP contribution is 2.28. The lowest BCUT2D eigenvalue weighted by atomic mass is 9.95. The number of nitrogens with zero attached hydrogens (tertiary/aromatic N) is 1. The molecule has 0 aliphatic carbocycles. The average molecular weight is 452 g/mol. The Balaban J connectivity index is 1.62. The number of likely N-dealkylation sites (tertiary alicyclic amines) is 1. The minimum atomic E-state index is -0.126. The summed E-state index contributed by atoms with van der Waals surface area (Å²) in [7, 11) is 1.53. The quantitative estimate of drug-likeness (QED) is 0.739. The second-order valence-electron chi connectivity index (χ2n) is 6.38. The Morgan fingerprint density at radius 3 is 2.56 bits per heavy atom. The van der Waals surface area contributed by atoms with Gasteiger partial charge < -0.3 is 15.0 Å². The summed E-state index contributed by atoms with van der Waals surface area (Å²) in [4.78, 5) is 27.1. The monoisotopic (exact) mass is 450 g/mol. The number of rotatable bonds is 4. The Morgan fingerprint density at radius 1 is 1.19 bits per heavy atom. The second kappa shape index (κ2) is 8.76. The predicted octanol–water partition coefficient (Wildman–Crippen LogP) is 4.60. The fourth-order valence-electron chi connectivity index (χ4n) is 3.16. The van der Waals surface area contributed by atoms with Gasteiger partial charge in [0.25, 0.3) is 5.91 Å². The van der Waals surface area contributed by atoms with Gasteiger partial charge in [-0.1, -0.05) is 23.7 Å². The lowest BCUT2D eigenvalue weighted by Gasteiger charge is -2.31. The van der Waals surface area contributed by atoms with Gasteiger partial charge >= 0.3 is 0 Å². The zero-order valence-electron chi connectivity index (χ0n) is 14.9. The maximum Gasteiger partial charge on any atom is 0.257 e. The van der Waals surface area contributed by atoms with Gasteiger partial charge in [0.05, 0.1) is 18.4 Å². The van der Waals surface area contributed by atoms with Crippen LogP contribution in [0.2, 0.25) is 5.02 Å². The zero-order valence-corrected chi connectivity index (χ0v) is 17.2. The van der Waals surface area contributed by atoms with E-state index >= 15 is 0 Å². The van der Waals surface area contributed by atoms with Crippen LogP contribution in [-0.2, 0) is 4.79 Å². The van der Waals surface area contributed by atoms with E-state index in [1.807, 2.05) is 24.3 Å². The molecule has 0 saturated carbocycles. The number of nitrogens with one attached hydrogen (secondary N) is 1. The van der Waals surface area contributed by atoms with Crippen molar-refractivity contribution >= 4 is 45.0 Å². The number of anilines is 1. The standard InChI is InChI=1S/C20H20BrClN2O3/c1-27-18-7-6-14(22)12-15(18)20(26)24-10-8-13(9-11-24)19(25)23-17-5-3-2-4-16(17)21/h2-7,12-13H,8-11H2,1H3,(H,23,25). The molecule has 2 amide bonds. The van der Waals surface area contributed by atoms with Gasteiger partial charge in [-0.15, -0.1) is 0 Å². The lowest BCUT2D eigenvalue weighted by molar-refractivity contribution is -0.121. The molecule has 1 saturated heterocycles. The first-order valence-corrected chi connectivity index (χ1v) is 9.85. The van der Waals surface area contributed by atoms with Crippen molar-refractivity contribution in [2.24, 2.45) is 5.92 Å². The fraction of sp³-hybridized carbons (Fsp3) is 0.300. The summed E-state index contributed by atoms with van der Waals surface area (Å²) in [6, 6.07) is 12.5. The number of piperidine rings is 1. The van der Waals surface area contributed by atoms with Crippen LogP contribution in [0, 0.1) is 5.92 Å². The highest BCUT2D eigenvalue weighted by atomic mass is 79.9. The summed E-state index contributed by atoms with van der Waals surface area (Å²) < 4.78 is 6.12. The molecular formula is C20H20BrClN2O3. The third-order valence-electron chi connectivity index (χ3n) is 4.68. The molecule has 1 aliphatic heterocycles. The third-order valence-corrected chi connectivity index (χ3v) is 5.60. The molecule has 0 aromatic heterocycles. The number of benzene rings is 2. The van der Waals surface area contributed by atoms with Gasteiger partial charge in [0, 0.05) is 28.5 Å². The first-order chi connectivity index (χ1) is 13.0. The molecule has 27 heavy (non-hydrogen) atoms.